The smallest absolute Gasteiger partial charge is 0.307 e. The lowest BCUT2D eigenvalue weighted by atomic mass is 9.87. The van der Waals surface area contributed by atoms with Crippen molar-refractivity contribution in [2.24, 2.45) is 7.05 Å². The number of carbonyl (C=O) groups excluding carboxylic acids is 1. The number of aryl methyl sites for hydroxylation is 2. The quantitative estimate of drug-likeness (QED) is 0.355. The number of carbonyl (C=O) groups is 2. The summed E-state index contributed by atoms with van der Waals surface area (Å²) in [7, 11) is 1.61. The van der Waals surface area contributed by atoms with Gasteiger partial charge in [0.2, 0.25) is 0 Å². The topological polar surface area (TPSA) is 93.5 Å². The number of hydrogen-bond acceptors (Lipinski definition) is 4. The molecule has 3 heterocycles. The van der Waals surface area contributed by atoms with Gasteiger partial charge in [0.15, 0.2) is 11.6 Å². The van der Waals surface area contributed by atoms with Gasteiger partial charge in [-0.3, -0.25) is 9.59 Å². The SMILES string of the molecule is Cc1nc2c(cc(C(=O)NCc3c(F)cccc3F)n2C)c(-c2cc(F)c3c(c2C)CCCO3)c1CC(=O)O. The number of nitrogens with one attached hydrogen (secondary N) is 1. The Labute approximate surface area is 222 Å². The van der Waals surface area contributed by atoms with Crippen LogP contribution in [-0.4, -0.2) is 33.1 Å². The molecule has 2 aromatic heterocycles. The second-order valence-electron chi connectivity index (χ2n) is 9.62. The van der Waals surface area contributed by atoms with Crippen molar-refractivity contribution in [3.05, 3.63) is 81.4 Å². The summed E-state index contributed by atoms with van der Waals surface area (Å²) in [5, 5.41) is 12.7. The van der Waals surface area contributed by atoms with Crippen LogP contribution in [0.5, 0.6) is 5.75 Å². The van der Waals surface area contributed by atoms with Gasteiger partial charge < -0.3 is 19.7 Å². The van der Waals surface area contributed by atoms with Gasteiger partial charge >= 0.3 is 5.97 Å². The molecule has 0 radical (unpaired) electrons. The van der Waals surface area contributed by atoms with Crippen LogP contribution in [0.1, 0.15) is 44.9 Å². The fourth-order valence-electron chi connectivity index (χ4n) is 5.25. The average molecular weight is 538 g/mol. The molecule has 1 amide bonds. The Hall–Kier alpha value is -4.34. The number of aromatic nitrogens is 2. The first-order chi connectivity index (χ1) is 18.6. The van der Waals surface area contributed by atoms with E-state index in [0.717, 1.165) is 29.7 Å². The summed E-state index contributed by atoms with van der Waals surface area (Å²) in [5.41, 5.74) is 3.53. The van der Waals surface area contributed by atoms with E-state index in [1.807, 2.05) is 6.92 Å². The van der Waals surface area contributed by atoms with Crippen molar-refractivity contribution in [2.45, 2.75) is 39.7 Å². The molecule has 7 nitrogen and oxygen atoms in total. The molecule has 0 bridgehead atoms. The summed E-state index contributed by atoms with van der Waals surface area (Å²) in [6.07, 6.45) is 0.978. The highest BCUT2D eigenvalue weighted by Gasteiger charge is 2.27. The lowest BCUT2D eigenvalue weighted by Gasteiger charge is -2.23. The molecule has 4 aromatic rings. The van der Waals surface area contributed by atoms with Crippen molar-refractivity contribution < 1.29 is 32.6 Å². The Morgan fingerprint density at radius 1 is 1.10 bits per heavy atom. The molecule has 1 aliphatic heterocycles. The molecule has 2 N–H and O–H groups in total. The van der Waals surface area contributed by atoms with E-state index in [1.54, 1.807) is 20.0 Å². The number of pyridine rings is 1. The number of fused-ring (bicyclic) bond motifs is 2. The highest BCUT2D eigenvalue weighted by molar-refractivity contribution is 6.04. The Bertz CT molecular complexity index is 1640. The minimum Gasteiger partial charge on any atom is -0.490 e. The Kier molecular flexibility index (Phi) is 6.80. The van der Waals surface area contributed by atoms with Gasteiger partial charge in [-0.05, 0) is 73.2 Å². The molecule has 1 aliphatic rings. The number of ether oxygens (including phenoxy) is 1. The number of carboxylic acid groups (broad SMARTS) is 1. The molecule has 202 valence electrons. The van der Waals surface area contributed by atoms with Crippen LogP contribution in [0.25, 0.3) is 22.2 Å². The summed E-state index contributed by atoms with van der Waals surface area (Å²) in [4.78, 5) is 29.6. The summed E-state index contributed by atoms with van der Waals surface area (Å²) in [5.74, 6) is -3.59. The maximum atomic E-state index is 15.2. The van der Waals surface area contributed by atoms with Crippen molar-refractivity contribution in [1.82, 2.24) is 14.9 Å². The number of nitrogens with zero attached hydrogens (tertiary/aromatic N) is 2. The van der Waals surface area contributed by atoms with Crippen LogP contribution in [0, 0.1) is 31.3 Å². The first-order valence-electron chi connectivity index (χ1n) is 12.4. The van der Waals surface area contributed by atoms with Crippen molar-refractivity contribution in [2.75, 3.05) is 6.61 Å². The minimum absolute atomic E-state index is 0.141. The highest BCUT2D eigenvalue weighted by Crippen LogP contribution is 2.42. The van der Waals surface area contributed by atoms with E-state index >= 15 is 4.39 Å². The molecule has 10 heteroatoms. The van der Waals surface area contributed by atoms with Crippen LogP contribution in [0.3, 0.4) is 0 Å². The summed E-state index contributed by atoms with van der Waals surface area (Å²) < 4.78 is 50.5. The molecular formula is C29H26F3N3O4. The molecule has 0 spiro atoms. The Morgan fingerprint density at radius 3 is 2.51 bits per heavy atom. The molecule has 5 rings (SSSR count). The zero-order chi connectivity index (χ0) is 28.0. The number of hydrogen-bond donors (Lipinski definition) is 2. The molecule has 0 aliphatic carbocycles. The summed E-state index contributed by atoms with van der Waals surface area (Å²) >= 11 is 0. The van der Waals surface area contributed by atoms with Gasteiger partial charge in [-0.15, -0.1) is 0 Å². The molecule has 0 atom stereocenters. The third-order valence-electron chi connectivity index (χ3n) is 7.24. The van der Waals surface area contributed by atoms with Crippen LogP contribution >= 0.6 is 0 Å². The molecule has 0 saturated heterocycles. The zero-order valence-electron chi connectivity index (χ0n) is 21.6. The standard InChI is InChI=1S/C29H26F3N3O4/c1-14-16-6-5-9-39-27(16)23(32)10-17(14)26-18(12-25(36)37)15(2)34-28-19(26)11-24(35(28)3)29(38)33-13-20-21(30)7-4-8-22(20)31/h4,7-8,10-11H,5-6,9,12-13H2,1-3H3,(H,33,38)(H,36,37). The number of carboxylic acids is 1. The lowest BCUT2D eigenvalue weighted by molar-refractivity contribution is -0.136. The van der Waals surface area contributed by atoms with E-state index in [0.29, 0.717) is 46.4 Å². The Morgan fingerprint density at radius 2 is 1.82 bits per heavy atom. The van der Waals surface area contributed by atoms with Gasteiger partial charge in [0.25, 0.3) is 5.91 Å². The number of benzene rings is 2. The normalized spacial score (nSPS) is 12.8. The number of amides is 1. The van der Waals surface area contributed by atoms with Crippen molar-refractivity contribution in [1.29, 1.82) is 0 Å². The highest BCUT2D eigenvalue weighted by atomic mass is 19.1. The van der Waals surface area contributed by atoms with Crippen molar-refractivity contribution >= 4 is 22.9 Å². The average Bonchev–Trinajstić information content (AvgIpc) is 3.22. The maximum absolute atomic E-state index is 15.2. The molecular weight excluding hydrogens is 511 g/mol. The molecule has 39 heavy (non-hydrogen) atoms. The Balaban J connectivity index is 1.67. The van der Waals surface area contributed by atoms with Gasteiger partial charge in [0.05, 0.1) is 13.0 Å². The van der Waals surface area contributed by atoms with Crippen molar-refractivity contribution in [3.63, 3.8) is 0 Å². The number of rotatable bonds is 6. The number of halogens is 3. The third kappa shape index (κ3) is 4.60. The van der Waals surface area contributed by atoms with E-state index in [1.165, 1.54) is 16.7 Å². The molecule has 0 saturated carbocycles. The minimum atomic E-state index is -1.08. The van der Waals surface area contributed by atoms with Crippen LogP contribution in [0.15, 0.2) is 30.3 Å². The second kappa shape index (κ2) is 10.1. The van der Waals surface area contributed by atoms with E-state index in [9.17, 15) is 23.5 Å². The molecule has 0 unspecified atom stereocenters. The zero-order valence-corrected chi connectivity index (χ0v) is 21.6. The van der Waals surface area contributed by atoms with Crippen molar-refractivity contribution in [3.8, 4) is 16.9 Å². The van der Waals surface area contributed by atoms with Crippen LogP contribution in [0.4, 0.5) is 13.2 Å². The van der Waals surface area contributed by atoms with E-state index in [4.69, 9.17) is 4.74 Å². The second-order valence-corrected chi connectivity index (χ2v) is 9.62. The predicted octanol–water partition coefficient (Wildman–Crippen LogP) is 5.16. The summed E-state index contributed by atoms with van der Waals surface area (Å²) in [6, 6.07) is 6.34. The fourth-order valence-corrected chi connectivity index (χ4v) is 5.25. The first-order valence-corrected chi connectivity index (χ1v) is 12.4. The number of aliphatic carboxylic acids is 1. The largest absolute Gasteiger partial charge is 0.490 e. The molecule has 0 fully saturated rings. The molecule has 2 aromatic carbocycles. The van der Waals surface area contributed by atoms with Gasteiger partial charge in [-0.25, -0.2) is 18.2 Å². The van der Waals surface area contributed by atoms with Gasteiger partial charge in [0, 0.05) is 35.8 Å². The van der Waals surface area contributed by atoms with E-state index < -0.39 is 29.3 Å². The summed E-state index contributed by atoms with van der Waals surface area (Å²) in [6.45, 7) is 3.55. The van der Waals surface area contributed by atoms with Gasteiger partial charge in [0.1, 0.15) is 23.0 Å². The third-order valence-corrected chi connectivity index (χ3v) is 7.24. The van der Waals surface area contributed by atoms with E-state index in [2.05, 4.69) is 10.3 Å². The monoisotopic (exact) mass is 537 g/mol. The van der Waals surface area contributed by atoms with Crippen LogP contribution in [-0.2, 0) is 31.2 Å². The van der Waals surface area contributed by atoms with Crippen LogP contribution in [0.2, 0.25) is 0 Å². The fraction of sp³-hybridized carbons (Fsp3) is 0.276. The predicted molar refractivity (Wildman–Crippen MR) is 138 cm³/mol. The van der Waals surface area contributed by atoms with Crippen LogP contribution < -0.4 is 10.1 Å². The van der Waals surface area contributed by atoms with Gasteiger partial charge in [-0.2, -0.15) is 0 Å². The maximum Gasteiger partial charge on any atom is 0.307 e. The lowest BCUT2D eigenvalue weighted by Crippen LogP contribution is -2.25. The van der Waals surface area contributed by atoms with Gasteiger partial charge in [-0.1, -0.05) is 6.07 Å². The first kappa shape index (κ1) is 26.3. The van der Waals surface area contributed by atoms with E-state index in [-0.39, 0.29) is 30.0 Å².